The Morgan fingerprint density at radius 3 is 2.43 bits per heavy atom. The van der Waals surface area contributed by atoms with Crippen molar-refractivity contribution in [1.29, 1.82) is 0 Å². The minimum Gasteiger partial charge on any atom is -0.360 e. The van der Waals surface area contributed by atoms with Crippen molar-refractivity contribution in [2.75, 3.05) is 6.54 Å². The molecule has 8 heteroatoms. The number of nitrogens with one attached hydrogen (secondary N) is 1. The van der Waals surface area contributed by atoms with Crippen LogP contribution in [0.2, 0.25) is 0 Å². The molecule has 0 spiro atoms. The van der Waals surface area contributed by atoms with Crippen molar-refractivity contribution in [3.63, 3.8) is 0 Å². The first-order valence-electron chi connectivity index (χ1n) is 10.1. The number of hydrogen-bond acceptors (Lipinski definition) is 4. The first-order chi connectivity index (χ1) is 14.0. The van der Waals surface area contributed by atoms with Crippen LogP contribution >= 0.6 is 12.2 Å². The second-order valence-corrected chi connectivity index (χ2v) is 10.3. The van der Waals surface area contributed by atoms with Gasteiger partial charge in [-0.15, -0.1) is 6.58 Å². The highest BCUT2D eigenvalue weighted by Gasteiger charge is 2.26. The van der Waals surface area contributed by atoms with E-state index in [0.717, 1.165) is 16.8 Å². The summed E-state index contributed by atoms with van der Waals surface area (Å²) in [5.74, 6) is -0.0832. The molecular formula is C22H32N4O2S2. The van der Waals surface area contributed by atoms with Crippen molar-refractivity contribution in [2.24, 2.45) is 0 Å². The van der Waals surface area contributed by atoms with Gasteiger partial charge in [-0.1, -0.05) is 35.9 Å². The number of aromatic nitrogens is 2. The van der Waals surface area contributed by atoms with Gasteiger partial charge in [0, 0.05) is 18.6 Å². The monoisotopic (exact) mass is 448 g/mol. The molecule has 0 fully saturated rings. The first-order valence-corrected chi connectivity index (χ1v) is 12.1. The second-order valence-electron chi connectivity index (χ2n) is 8.01. The van der Waals surface area contributed by atoms with Crippen molar-refractivity contribution in [2.45, 2.75) is 64.2 Å². The first kappa shape index (κ1) is 24.1. The summed E-state index contributed by atoms with van der Waals surface area (Å²) in [5.41, 5.74) is 2.63. The van der Waals surface area contributed by atoms with Crippen LogP contribution < -0.4 is 5.32 Å². The quantitative estimate of drug-likeness (QED) is 0.462. The summed E-state index contributed by atoms with van der Waals surface area (Å²) in [6, 6.07) is 7.66. The minimum atomic E-state index is -3.60. The van der Waals surface area contributed by atoms with Crippen LogP contribution in [0.1, 0.15) is 50.6 Å². The molecule has 0 radical (unpaired) electrons. The lowest BCUT2D eigenvalue weighted by Crippen LogP contribution is -2.42. The maximum absolute atomic E-state index is 13.2. The topological polar surface area (TPSA) is 67.2 Å². The zero-order chi connectivity index (χ0) is 22.5. The van der Waals surface area contributed by atoms with Crippen LogP contribution in [0, 0.1) is 6.92 Å². The zero-order valence-corrected chi connectivity index (χ0v) is 20.1. The van der Waals surface area contributed by atoms with E-state index in [1.165, 1.54) is 0 Å². The normalized spacial score (nSPS) is 11.7. The van der Waals surface area contributed by atoms with Crippen LogP contribution in [0.25, 0.3) is 0 Å². The predicted molar refractivity (Wildman–Crippen MR) is 126 cm³/mol. The molecule has 0 saturated carbocycles. The van der Waals surface area contributed by atoms with E-state index in [9.17, 15) is 8.42 Å². The number of sulfone groups is 1. The third kappa shape index (κ3) is 6.15. The van der Waals surface area contributed by atoms with Crippen molar-refractivity contribution >= 4 is 27.2 Å². The fourth-order valence-electron chi connectivity index (χ4n) is 3.15. The van der Waals surface area contributed by atoms with E-state index < -0.39 is 9.84 Å². The lowest BCUT2D eigenvalue weighted by molar-refractivity contribution is 0.407. The Morgan fingerprint density at radius 1 is 1.27 bits per heavy atom. The lowest BCUT2D eigenvalue weighted by Gasteiger charge is -2.27. The van der Waals surface area contributed by atoms with Crippen LogP contribution in [0.4, 0.5) is 0 Å². The standard InChI is InChI=1S/C22H32N4O2S2/c1-7-12-25(21(29)24-16(2)3)14-20-13-23-22(26(20)17(4)5)30(27,28)15-19-10-8-18(6)9-11-19/h7-11,13,16-17H,1,12,14-15H2,2-6H3,(H,24,29). The Kier molecular flexibility index (Phi) is 8.20. The molecule has 0 amide bonds. The molecular weight excluding hydrogens is 416 g/mol. The van der Waals surface area contributed by atoms with Gasteiger partial charge < -0.3 is 14.8 Å². The molecule has 164 valence electrons. The van der Waals surface area contributed by atoms with Gasteiger partial charge in [0.25, 0.3) is 0 Å². The maximum Gasteiger partial charge on any atom is 0.228 e. The van der Waals surface area contributed by atoms with Gasteiger partial charge in [-0.25, -0.2) is 13.4 Å². The molecule has 2 aromatic rings. The molecule has 0 aliphatic heterocycles. The van der Waals surface area contributed by atoms with Crippen molar-refractivity contribution in [1.82, 2.24) is 19.8 Å². The van der Waals surface area contributed by atoms with Crippen LogP contribution in [0.3, 0.4) is 0 Å². The molecule has 1 heterocycles. The highest BCUT2D eigenvalue weighted by molar-refractivity contribution is 7.90. The van der Waals surface area contributed by atoms with Crippen LogP contribution in [0.5, 0.6) is 0 Å². The fourth-order valence-corrected chi connectivity index (χ4v) is 5.13. The summed E-state index contributed by atoms with van der Waals surface area (Å²) < 4.78 is 28.1. The van der Waals surface area contributed by atoms with Crippen molar-refractivity contribution < 1.29 is 8.42 Å². The molecule has 0 unspecified atom stereocenters. The fraction of sp³-hybridized carbons (Fsp3) is 0.455. The summed E-state index contributed by atoms with van der Waals surface area (Å²) in [6.45, 7) is 14.7. The van der Waals surface area contributed by atoms with Gasteiger partial charge in [-0.05, 0) is 52.4 Å². The molecule has 0 saturated heterocycles. The number of nitrogens with zero attached hydrogens (tertiary/aromatic N) is 3. The number of benzene rings is 1. The van der Waals surface area contributed by atoms with Crippen LogP contribution in [0.15, 0.2) is 48.3 Å². The predicted octanol–water partition coefficient (Wildman–Crippen LogP) is 4.02. The average molecular weight is 449 g/mol. The highest BCUT2D eigenvalue weighted by Crippen LogP contribution is 2.23. The van der Waals surface area contributed by atoms with Gasteiger partial charge in [-0.2, -0.15) is 0 Å². The summed E-state index contributed by atoms with van der Waals surface area (Å²) in [7, 11) is -3.60. The summed E-state index contributed by atoms with van der Waals surface area (Å²) in [5, 5.41) is 3.93. The number of thiocarbonyl (C=S) groups is 1. The Hall–Kier alpha value is -2.19. The van der Waals surface area contributed by atoms with Crippen molar-refractivity contribution in [3.05, 3.63) is 59.9 Å². The van der Waals surface area contributed by atoms with Gasteiger partial charge in [0.05, 0.1) is 24.2 Å². The van der Waals surface area contributed by atoms with E-state index in [-0.39, 0.29) is 23.0 Å². The third-order valence-electron chi connectivity index (χ3n) is 4.51. The van der Waals surface area contributed by atoms with Crippen LogP contribution in [-0.4, -0.2) is 40.6 Å². The molecule has 6 nitrogen and oxygen atoms in total. The second kappa shape index (κ2) is 10.2. The van der Waals surface area contributed by atoms with E-state index >= 15 is 0 Å². The molecule has 0 aliphatic rings. The highest BCUT2D eigenvalue weighted by atomic mass is 32.2. The molecule has 0 aliphatic carbocycles. The lowest BCUT2D eigenvalue weighted by atomic mass is 10.2. The third-order valence-corrected chi connectivity index (χ3v) is 6.46. The molecule has 30 heavy (non-hydrogen) atoms. The van der Waals surface area contributed by atoms with Gasteiger partial charge in [0.2, 0.25) is 15.0 Å². The number of imidazole rings is 1. The van der Waals surface area contributed by atoms with E-state index in [0.29, 0.717) is 18.2 Å². The largest absolute Gasteiger partial charge is 0.360 e. The Morgan fingerprint density at radius 2 is 1.90 bits per heavy atom. The van der Waals surface area contributed by atoms with Crippen molar-refractivity contribution in [3.8, 4) is 0 Å². The van der Waals surface area contributed by atoms with E-state index in [1.807, 2.05) is 63.8 Å². The number of hydrogen-bond donors (Lipinski definition) is 1. The van der Waals surface area contributed by atoms with Gasteiger partial charge in [0.15, 0.2) is 5.11 Å². The summed E-state index contributed by atoms with van der Waals surface area (Å²) >= 11 is 5.52. The minimum absolute atomic E-state index is 0.0671. The zero-order valence-electron chi connectivity index (χ0n) is 18.4. The Labute approximate surface area is 185 Å². The molecule has 0 bridgehead atoms. The average Bonchev–Trinajstić information content (AvgIpc) is 3.07. The SMILES string of the molecule is C=CCN(Cc1cnc(S(=O)(=O)Cc2ccc(C)cc2)n1C(C)C)C(=S)NC(C)C. The summed E-state index contributed by atoms with van der Waals surface area (Å²) in [6.07, 6.45) is 3.41. The Bertz CT molecular complexity index is 977. The number of aryl methyl sites for hydroxylation is 1. The van der Waals surface area contributed by atoms with Gasteiger partial charge in [0.1, 0.15) is 0 Å². The van der Waals surface area contributed by atoms with Gasteiger partial charge >= 0.3 is 0 Å². The summed E-state index contributed by atoms with van der Waals surface area (Å²) in [4.78, 5) is 6.27. The van der Waals surface area contributed by atoms with Gasteiger partial charge in [-0.3, -0.25) is 0 Å². The smallest absolute Gasteiger partial charge is 0.228 e. The molecule has 2 rings (SSSR count). The molecule has 0 atom stereocenters. The maximum atomic E-state index is 13.2. The van der Waals surface area contributed by atoms with E-state index in [4.69, 9.17) is 12.2 Å². The molecule has 1 aromatic carbocycles. The molecule has 1 N–H and O–H groups in total. The molecule has 1 aromatic heterocycles. The Balaban J connectivity index is 2.36. The van der Waals surface area contributed by atoms with E-state index in [1.54, 1.807) is 16.8 Å². The number of rotatable bonds is 9. The van der Waals surface area contributed by atoms with E-state index in [2.05, 4.69) is 16.9 Å². The van der Waals surface area contributed by atoms with Crippen LogP contribution in [-0.2, 0) is 22.1 Å².